The van der Waals surface area contributed by atoms with Crippen LogP contribution in [0.15, 0.2) is 6.20 Å². The average molecular weight is 279 g/mol. The molecule has 3 amide bonds. The van der Waals surface area contributed by atoms with Crippen LogP contribution in [0.4, 0.5) is 4.79 Å². The van der Waals surface area contributed by atoms with Crippen LogP contribution in [0.25, 0.3) is 0 Å². The number of hydrogen-bond donors (Lipinski definition) is 2. The van der Waals surface area contributed by atoms with E-state index in [4.69, 9.17) is 0 Å². The standard InChI is InChI=1S/C13H21N5O2/c1-4-10(12-14-7-9(2)15-12)16-11(19)8-18-6-5-17(3)13(18)20/h7,10H,4-6,8H2,1-3H3,(H,14,15)(H,16,19)/t10-/m0/s1. The first-order valence-corrected chi connectivity index (χ1v) is 6.82. The Morgan fingerprint density at radius 2 is 2.30 bits per heavy atom. The van der Waals surface area contributed by atoms with E-state index in [2.05, 4.69) is 15.3 Å². The van der Waals surface area contributed by atoms with Crippen LogP contribution in [-0.4, -0.2) is 58.4 Å². The summed E-state index contributed by atoms with van der Waals surface area (Å²) in [6, 6.07) is -0.242. The van der Waals surface area contributed by atoms with Crippen molar-refractivity contribution in [1.82, 2.24) is 25.1 Å². The number of nitrogens with zero attached hydrogens (tertiary/aromatic N) is 3. The fraction of sp³-hybridized carbons (Fsp3) is 0.615. The van der Waals surface area contributed by atoms with Crippen molar-refractivity contribution in [3.63, 3.8) is 0 Å². The van der Waals surface area contributed by atoms with Gasteiger partial charge in [0.05, 0.1) is 6.04 Å². The van der Waals surface area contributed by atoms with Crippen molar-refractivity contribution in [2.75, 3.05) is 26.7 Å². The van der Waals surface area contributed by atoms with Gasteiger partial charge in [-0.25, -0.2) is 9.78 Å². The molecule has 2 rings (SSSR count). The highest BCUT2D eigenvalue weighted by atomic mass is 16.2. The molecule has 1 fully saturated rings. The molecule has 1 saturated heterocycles. The third-order valence-electron chi connectivity index (χ3n) is 3.43. The second kappa shape index (κ2) is 5.94. The number of aromatic amines is 1. The number of carbonyl (C=O) groups excluding carboxylic acids is 2. The van der Waals surface area contributed by atoms with Gasteiger partial charge in [-0.1, -0.05) is 6.92 Å². The van der Waals surface area contributed by atoms with Crippen molar-refractivity contribution in [2.45, 2.75) is 26.3 Å². The summed E-state index contributed by atoms with van der Waals surface area (Å²) in [5.41, 5.74) is 0.962. The van der Waals surface area contributed by atoms with Gasteiger partial charge in [0, 0.05) is 32.0 Å². The minimum absolute atomic E-state index is 0.0953. The number of H-pyrrole nitrogens is 1. The lowest BCUT2D eigenvalue weighted by atomic mass is 10.2. The van der Waals surface area contributed by atoms with Crippen molar-refractivity contribution < 1.29 is 9.59 Å². The number of hydrogen-bond acceptors (Lipinski definition) is 3. The van der Waals surface area contributed by atoms with Gasteiger partial charge in [-0.05, 0) is 13.3 Å². The lowest BCUT2D eigenvalue weighted by Crippen LogP contribution is -2.40. The second-order valence-corrected chi connectivity index (χ2v) is 5.11. The molecule has 0 aliphatic carbocycles. The SMILES string of the molecule is CC[C@H](NC(=O)CN1CCN(C)C1=O)c1ncc(C)[nH]1. The lowest BCUT2D eigenvalue weighted by Gasteiger charge is -2.19. The number of rotatable bonds is 5. The summed E-state index contributed by atoms with van der Waals surface area (Å²) in [5.74, 6) is 0.595. The molecule has 2 N–H and O–H groups in total. The number of likely N-dealkylation sites (N-methyl/N-ethyl adjacent to an activating group) is 1. The summed E-state index contributed by atoms with van der Waals surface area (Å²) in [4.78, 5) is 34.3. The van der Waals surface area contributed by atoms with Crippen molar-refractivity contribution >= 4 is 11.9 Å². The molecule has 0 bridgehead atoms. The van der Waals surface area contributed by atoms with Crippen LogP contribution in [0.3, 0.4) is 0 Å². The van der Waals surface area contributed by atoms with Gasteiger partial charge in [-0.3, -0.25) is 4.79 Å². The first-order chi connectivity index (χ1) is 9.51. The molecule has 2 heterocycles. The van der Waals surface area contributed by atoms with E-state index in [1.165, 1.54) is 0 Å². The van der Waals surface area contributed by atoms with Crippen molar-refractivity contribution in [3.05, 3.63) is 17.7 Å². The Balaban J connectivity index is 1.91. The molecule has 1 aromatic rings. The fourth-order valence-corrected chi connectivity index (χ4v) is 2.24. The smallest absolute Gasteiger partial charge is 0.320 e. The maximum Gasteiger partial charge on any atom is 0.320 e. The number of imidazole rings is 1. The second-order valence-electron chi connectivity index (χ2n) is 5.11. The highest BCUT2D eigenvalue weighted by Crippen LogP contribution is 2.13. The largest absolute Gasteiger partial charge is 0.345 e. The summed E-state index contributed by atoms with van der Waals surface area (Å²) in [7, 11) is 1.74. The summed E-state index contributed by atoms with van der Waals surface area (Å²) >= 11 is 0. The van der Waals surface area contributed by atoms with Crippen LogP contribution < -0.4 is 5.32 Å². The number of amides is 3. The topological polar surface area (TPSA) is 81.3 Å². The Hall–Kier alpha value is -2.05. The van der Waals surface area contributed by atoms with Crippen molar-refractivity contribution in [2.24, 2.45) is 0 Å². The van der Waals surface area contributed by atoms with E-state index in [0.717, 1.165) is 17.9 Å². The molecule has 7 nitrogen and oxygen atoms in total. The zero-order valence-corrected chi connectivity index (χ0v) is 12.1. The van der Waals surface area contributed by atoms with Gasteiger partial charge in [0.15, 0.2) is 0 Å². The normalized spacial score (nSPS) is 16.6. The third kappa shape index (κ3) is 3.09. The van der Waals surface area contributed by atoms with Crippen molar-refractivity contribution in [1.29, 1.82) is 0 Å². The van der Waals surface area contributed by atoms with Gasteiger partial charge in [0.25, 0.3) is 0 Å². The van der Waals surface area contributed by atoms with Crippen LogP contribution in [0.5, 0.6) is 0 Å². The zero-order chi connectivity index (χ0) is 14.7. The molecular formula is C13H21N5O2. The first kappa shape index (κ1) is 14.4. The maximum absolute atomic E-state index is 12.0. The van der Waals surface area contributed by atoms with E-state index in [-0.39, 0.29) is 24.5 Å². The number of aryl methyl sites for hydroxylation is 1. The van der Waals surface area contributed by atoms with Crippen LogP contribution in [0.2, 0.25) is 0 Å². The molecule has 0 radical (unpaired) electrons. The fourth-order valence-electron chi connectivity index (χ4n) is 2.24. The van der Waals surface area contributed by atoms with Crippen LogP contribution in [-0.2, 0) is 4.79 Å². The van der Waals surface area contributed by atoms with E-state index in [0.29, 0.717) is 13.1 Å². The first-order valence-electron chi connectivity index (χ1n) is 6.82. The van der Waals surface area contributed by atoms with Crippen LogP contribution in [0.1, 0.15) is 30.9 Å². The average Bonchev–Trinajstić information content (AvgIpc) is 2.97. The Kier molecular flexibility index (Phi) is 4.26. The number of aromatic nitrogens is 2. The Bertz CT molecular complexity index is 499. The Morgan fingerprint density at radius 1 is 1.55 bits per heavy atom. The predicted octanol–water partition coefficient (Wildman–Crippen LogP) is 0.653. The summed E-state index contributed by atoms with van der Waals surface area (Å²) in [5, 5.41) is 2.91. The van der Waals surface area contributed by atoms with E-state index in [1.54, 1.807) is 23.0 Å². The Morgan fingerprint density at radius 3 is 2.80 bits per heavy atom. The molecule has 7 heteroatoms. The number of carbonyl (C=O) groups is 2. The molecule has 1 aliphatic rings. The van der Waals surface area contributed by atoms with E-state index in [9.17, 15) is 9.59 Å². The molecule has 0 unspecified atom stereocenters. The monoisotopic (exact) mass is 279 g/mol. The number of nitrogens with one attached hydrogen (secondary N) is 2. The Labute approximate surface area is 118 Å². The highest BCUT2D eigenvalue weighted by Gasteiger charge is 2.27. The van der Waals surface area contributed by atoms with Gasteiger partial charge in [0.2, 0.25) is 5.91 Å². The zero-order valence-electron chi connectivity index (χ0n) is 12.1. The van der Waals surface area contributed by atoms with E-state index >= 15 is 0 Å². The summed E-state index contributed by atoms with van der Waals surface area (Å²) < 4.78 is 0. The molecule has 0 aromatic carbocycles. The molecule has 20 heavy (non-hydrogen) atoms. The van der Waals surface area contributed by atoms with Crippen LogP contribution >= 0.6 is 0 Å². The van der Waals surface area contributed by atoms with E-state index in [1.807, 2.05) is 13.8 Å². The summed E-state index contributed by atoms with van der Waals surface area (Å²) in [6.07, 6.45) is 2.48. The molecule has 1 aliphatic heterocycles. The number of urea groups is 1. The van der Waals surface area contributed by atoms with Gasteiger partial charge < -0.3 is 20.1 Å². The molecule has 0 saturated carbocycles. The molecule has 1 aromatic heterocycles. The van der Waals surface area contributed by atoms with E-state index < -0.39 is 0 Å². The summed E-state index contributed by atoms with van der Waals surface area (Å²) in [6.45, 7) is 5.26. The third-order valence-corrected chi connectivity index (χ3v) is 3.43. The molecule has 110 valence electrons. The van der Waals surface area contributed by atoms with Crippen LogP contribution in [0, 0.1) is 6.92 Å². The molecular weight excluding hydrogens is 258 g/mol. The predicted molar refractivity (Wildman–Crippen MR) is 74.1 cm³/mol. The van der Waals surface area contributed by atoms with Gasteiger partial charge in [-0.2, -0.15) is 0 Å². The quantitative estimate of drug-likeness (QED) is 0.830. The van der Waals surface area contributed by atoms with Gasteiger partial charge >= 0.3 is 6.03 Å². The minimum atomic E-state index is -0.158. The highest BCUT2D eigenvalue weighted by molar-refractivity contribution is 5.85. The minimum Gasteiger partial charge on any atom is -0.345 e. The maximum atomic E-state index is 12.0. The molecule has 0 spiro atoms. The molecule has 1 atom stereocenters. The van der Waals surface area contributed by atoms with Crippen molar-refractivity contribution in [3.8, 4) is 0 Å². The lowest BCUT2D eigenvalue weighted by molar-refractivity contribution is -0.122. The van der Waals surface area contributed by atoms with Gasteiger partial charge in [0.1, 0.15) is 12.4 Å². The van der Waals surface area contributed by atoms with Gasteiger partial charge in [-0.15, -0.1) is 0 Å².